The number of piperidine rings is 1. The third kappa shape index (κ3) is 4.65. The first kappa shape index (κ1) is 24.1. The molecule has 11 nitrogen and oxygen atoms in total. The molecule has 3 aromatic rings. The van der Waals surface area contributed by atoms with Gasteiger partial charge in [0.05, 0.1) is 19.3 Å². The summed E-state index contributed by atoms with van der Waals surface area (Å²) in [4.78, 5) is 46.1. The van der Waals surface area contributed by atoms with Gasteiger partial charge in [-0.1, -0.05) is 18.1 Å². The Morgan fingerprint density at radius 1 is 1.29 bits per heavy atom. The van der Waals surface area contributed by atoms with Crippen LogP contribution < -0.4 is 31.9 Å². The monoisotopic (exact) mass is 479 g/mol. The Balaban J connectivity index is 1.79. The van der Waals surface area contributed by atoms with E-state index in [2.05, 4.69) is 22.1 Å². The fourth-order valence-electron chi connectivity index (χ4n) is 4.32. The van der Waals surface area contributed by atoms with E-state index in [1.807, 2.05) is 4.90 Å². The highest BCUT2D eigenvalue weighted by molar-refractivity contribution is 5.92. The molecule has 0 aliphatic carbocycles. The van der Waals surface area contributed by atoms with Crippen LogP contribution in [0.4, 0.5) is 11.6 Å². The Morgan fingerprint density at radius 2 is 2.06 bits per heavy atom. The number of nitrogens with two attached hydrogens (primary N) is 1. The summed E-state index contributed by atoms with van der Waals surface area (Å²) in [6.45, 7) is 2.79. The summed E-state index contributed by atoms with van der Waals surface area (Å²) in [6, 6.07) is 6.89. The highest BCUT2D eigenvalue weighted by Crippen LogP contribution is 2.24. The van der Waals surface area contributed by atoms with Gasteiger partial charge < -0.3 is 20.7 Å². The first-order chi connectivity index (χ1) is 16.8. The first-order valence-electron chi connectivity index (χ1n) is 11.4. The van der Waals surface area contributed by atoms with Gasteiger partial charge in [-0.15, -0.1) is 5.92 Å². The average molecular weight is 480 g/mol. The molecule has 3 heterocycles. The largest absolute Gasteiger partial charge is 0.495 e. The second-order valence-corrected chi connectivity index (χ2v) is 8.43. The van der Waals surface area contributed by atoms with Gasteiger partial charge in [-0.05, 0) is 31.9 Å². The molecular weight excluding hydrogens is 450 g/mol. The lowest BCUT2D eigenvalue weighted by atomic mass is 10.1. The first-order valence-corrected chi connectivity index (χ1v) is 11.4. The molecule has 1 atom stereocenters. The molecule has 184 valence electrons. The summed E-state index contributed by atoms with van der Waals surface area (Å²) in [7, 11) is 3.03. The molecule has 11 heteroatoms. The zero-order valence-electron chi connectivity index (χ0n) is 20.1. The van der Waals surface area contributed by atoms with E-state index in [-0.39, 0.29) is 23.8 Å². The fourth-order valence-corrected chi connectivity index (χ4v) is 4.32. The van der Waals surface area contributed by atoms with Crippen LogP contribution in [-0.4, -0.2) is 50.8 Å². The van der Waals surface area contributed by atoms with Gasteiger partial charge >= 0.3 is 5.69 Å². The molecule has 0 spiro atoms. The van der Waals surface area contributed by atoms with Crippen LogP contribution in [0.1, 0.15) is 19.8 Å². The highest BCUT2D eigenvalue weighted by atomic mass is 16.5. The number of nitrogens with one attached hydrogen (secondary N) is 1. The molecule has 4 rings (SSSR count). The van der Waals surface area contributed by atoms with E-state index in [0.29, 0.717) is 23.9 Å². The van der Waals surface area contributed by atoms with Crippen molar-refractivity contribution < 1.29 is 9.53 Å². The van der Waals surface area contributed by atoms with Crippen molar-refractivity contribution in [3.05, 3.63) is 45.1 Å². The highest BCUT2D eigenvalue weighted by Gasteiger charge is 2.26. The van der Waals surface area contributed by atoms with Gasteiger partial charge in [-0.2, -0.15) is 4.98 Å². The minimum atomic E-state index is -0.634. The number of para-hydroxylation sites is 2. The number of nitrogens with zero attached hydrogens (tertiary/aromatic N) is 5. The minimum Gasteiger partial charge on any atom is -0.495 e. The number of ether oxygens (including phenoxy) is 1. The van der Waals surface area contributed by atoms with Crippen molar-refractivity contribution in [2.45, 2.75) is 38.9 Å². The number of fused-ring (bicyclic) bond motifs is 1. The number of aromatic nitrogens is 4. The number of carbonyl (C=O) groups excluding carboxylic acids is 1. The summed E-state index contributed by atoms with van der Waals surface area (Å²) in [5.41, 5.74) is 5.84. The van der Waals surface area contributed by atoms with Gasteiger partial charge in [0.15, 0.2) is 11.2 Å². The van der Waals surface area contributed by atoms with Crippen molar-refractivity contribution in [1.29, 1.82) is 0 Å². The van der Waals surface area contributed by atoms with Gasteiger partial charge in [0.25, 0.3) is 5.56 Å². The van der Waals surface area contributed by atoms with Crippen LogP contribution in [-0.2, 0) is 24.9 Å². The predicted octanol–water partition coefficient (Wildman–Crippen LogP) is 0.495. The Kier molecular flexibility index (Phi) is 6.93. The maximum Gasteiger partial charge on any atom is 0.332 e. The molecule has 0 unspecified atom stereocenters. The zero-order valence-corrected chi connectivity index (χ0v) is 20.1. The molecule has 1 aliphatic rings. The average Bonchev–Trinajstić information content (AvgIpc) is 3.24. The summed E-state index contributed by atoms with van der Waals surface area (Å²) in [5, 5.41) is 2.70. The standard InChI is InChI=1S/C24H29N7O4/c1-4-5-13-30-20-21(27-23(30)29-12-8-9-16(25)14-29)28(2)24(34)31(22(20)33)15-19(32)26-17-10-6-7-11-18(17)35-3/h6-7,10-11,16H,8-9,12-15,25H2,1-3H3,(H,26,32)/t16-/m1/s1. The number of hydrogen-bond acceptors (Lipinski definition) is 7. The van der Waals surface area contributed by atoms with Crippen LogP contribution in [0.5, 0.6) is 5.75 Å². The van der Waals surface area contributed by atoms with E-state index in [0.717, 1.165) is 24.0 Å². The Bertz CT molecular complexity index is 1440. The predicted molar refractivity (Wildman–Crippen MR) is 134 cm³/mol. The molecule has 1 aromatic carbocycles. The smallest absolute Gasteiger partial charge is 0.332 e. The van der Waals surface area contributed by atoms with Crippen molar-refractivity contribution in [1.82, 2.24) is 18.7 Å². The summed E-state index contributed by atoms with van der Waals surface area (Å²) in [5.74, 6) is 6.31. The molecule has 3 N–H and O–H groups in total. The van der Waals surface area contributed by atoms with Crippen molar-refractivity contribution in [2.24, 2.45) is 12.8 Å². The van der Waals surface area contributed by atoms with E-state index in [1.54, 1.807) is 35.8 Å². The van der Waals surface area contributed by atoms with Crippen LogP contribution >= 0.6 is 0 Å². The lowest BCUT2D eigenvalue weighted by Gasteiger charge is -2.31. The summed E-state index contributed by atoms with van der Waals surface area (Å²) >= 11 is 0. The third-order valence-corrected chi connectivity index (χ3v) is 6.05. The third-order valence-electron chi connectivity index (χ3n) is 6.05. The van der Waals surface area contributed by atoms with Crippen LogP contribution in [0.25, 0.3) is 11.2 Å². The fraction of sp³-hybridized carbons (Fsp3) is 0.417. The van der Waals surface area contributed by atoms with Crippen molar-refractivity contribution in [3.8, 4) is 17.6 Å². The zero-order chi connectivity index (χ0) is 25.1. The molecular formula is C24H29N7O4. The summed E-state index contributed by atoms with van der Waals surface area (Å²) in [6.07, 6.45) is 1.81. The van der Waals surface area contributed by atoms with Crippen LogP contribution in [0.2, 0.25) is 0 Å². The normalized spacial score (nSPS) is 15.5. The van der Waals surface area contributed by atoms with Gasteiger partial charge in [-0.25, -0.2) is 9.36 Å². The molecule has 1 fully saturated rings. The van der Waals surface area contributed by atoms with E-state index >= 15 is 0 Å². The number of carbonyl (C=O) groups is 1. The van der Waals surface area contributed by atoms with Crippen molar-refractivity contribution in [2.75, 3.05) is 30.4 Å². The molecule has 0 saturated carbocycles. The van der Waals surface area contributed by atoms with Crippen molar-refractivity contribution in [3.63, 3.8) is 0 Å². The van der Waals surface area contributed by atoms with Crippen molar-refractivity contribution >= 4 is 28.7 Å². The Hall–Kier alpha value is -4.04. The number of imidazole rings is 1. The van der Waals surface area contributed by atoms with Crippen LogP contribution in [0.3, 0.4) is 0 Å². The molecule has 0 radical (unpaired) electrons. The van der Waals surface area contributed by atoms with E-state index < -0.39 is 23.7 Å². The minimum absolute atomic E-state index is 0.00609. The molecule has 1 amide bonds. The SMILES string of the molecule is CC#CCn1c(N2CCC[C@@H](N)C2)nc2c1c(=O)n(CC(=O)Nc1ccccc1OC)c(=O)n2C. The number of rotatable bonds is 6. The summed E-state index contributed by atoms with van der Waals surface area (Å²) < 4.78 is 9.16. The maximum absolute atomic E-state index is 13.5. The maximum atomic E-state index is 13.5. The van der Waals surface area contributed by atoms with E-state index in [9.17, 15) is 14.4 Å². The Morgan fingerprint density at radius 3 is 2.77 bits per heavy atom. The Labute approximate surface area is 202 Å². The van der Waals surface area contributed by atoms with Gasteiger partial charge in [-0.3, -0.25) is 18.7 Å². The van der Waals surface area contributed by atoms with Gasteiger partial charge in [0, 0.05) is 26.2 Å². The number of anilines is 2. The van der Waals surface area contributed by atoms with Crippen LogP contribution in [0, 0.1) is 11.8 Å². The van der Waals surface area contributed by atoms with E-state index in [4.69, 9.17) is 10.5 Å². The molecule has 1 aliphatic heterocycles. The van der Waals surface area contributed by atoms with Crippen LogP contribution in [0.15, 0.2) is 33.9 Å². The number of aryl methyl sites for hydroxylation is 1. The molecule has 0 bridgehead atoms. The second-order valence-electron chi connectivity index (χ2n) is 8.43. The quantitative estimate of drug-likeness (QED) is 0.493. The number of hydrogen-bond donors (Lipinski definition) is 2. The molecule has 1 saturated heterocycles. The number of methoxy groups -OCH3 is 1. The number of amides is 1. The molecule has 35 heavy (non-hydrogen) atoms. The second kappa shape index (κ2) is 10.1. The lowest BCUT2D eigenvalue weighted by Crippen LogP contribution is -2.44. The van der Waals surface area contributed by atoms with Gasteiger partial charge in [0.1, 0.15) is 12.3 Å². The lowest BCUT2D eigenvalue weighted by molar-refractivity contribution is -0.116. The molecule has 2 aromatic heterocycles. The number of benzene rings is 1. The van der Waals surface area contributed by atoms with E-state index in [1.165, 1.54) is 18.7 Å². The van der Waals surface area contributed by atoms with Gasteiger partial charge in [0.2, 0.25) is 11.9 Å². The topological polar surface area (TPSA) is 129 Å².